The molecule has 1 aliphatic rings. The predicted octanol–water partition coefficient (Wildman–Crippen LogP) is 6.51. The maximum atomic E-state index is 13.7. The smallest absolute Gasteiger partial charge is 0.181 e. The minimum Gasteiger partial charge on any atom is -0.340 e. The molecule has 1 heterocycles. The van der Waals surface area contributed by atoms with Crippen molar-refractivity contribution in [1.82, 2.24) is 0 Å². The Morgan fingerprint density at radius 2 is 1.71 bits per heavy atom. The maximum absolute atomic E-state index is 13.7. The van der Waals surface area contributed by atoms with Gasteiger partial charge in [0.15, 0.2) is 16.1 Å². The molecule has 0 bridgehead atoms. The zero-order valence-corrected chi connectivity index (χ0v) is 20.4. The summed E-state index contributed by atoms with van der Waals surface area (Å²) < 4.78 is 27.5. The van der Waals surface area contributed by atoms with Crippen molar-refractivity contribution in [1.29, 1.82) is 0 Å². The maximum Gasteiger partial charge on any atom is 0.181 e. The Bertz CT molecular complexity index is 995. The highest BCUT2D eigenvalue weighted by Crippen LogP contribution is 2.46. The number of fused-ring (bicyclic) bond motifs is 1. The van der Waals surface area contributed by atoms with E-state index in [0.717, 1.165) is 55.4 Å². The normalized spacial score (nSPS) is 17.1. The molecule has 0 fully saturated rings. The molecule has 2 aromatic rings. The Morgan fingerprint density at radius 1 is 1.06 bits per heavy atom. The molecule has 31 heavy (non-hydrogen) atoms. The molecule has 0 spiro atoms. The third-order valence-electron chi connectivity index (χ3n) is 6.24. The molecule has 0 aliphatic carbocycles. The van der Waals surface area contributed by atoms with Crippen LogP contribution >= 0.6 is 11.8 Å². The first-order chi connectivity index (χ1) is 14.9. The molecule has 2 aromatic carbocycles. The number of nitrogens with zero attached hydrogens (tertiary/aromatic N) is 1. The molecular formula is C25H33NO3S2. The summed E-state index contributed by atoms with van der Waals surface area (Å²) >= 11 is 1.47. The Balaban J connectivity index is 2.26. The Kier molecular flexibility index (Phi) is 7.87. The molecule has 0 amide bonds. The summed E-state index contributed by atoms with van der Waals surface area (Å²) in [5.41, 5.74) is 1.80. The van der Waals surface area contributed by atoms with Gasteiger partial charge in [0.05, 0.1) is 16.3 Å². The summed E-state index contributed by atoms with van der Waals surface area (Å²) in [4.78, 5) is 15.0. The van der Waals surface area contributed by atoms with Crippen LogP contribution in [0, 0.1) is 5.41 Å². The molecule has 0 aromatic heterocycles. The van der Waals surface area contributed by atoms with Crippen LogP contribution in [0.25, 0.3) is 0 Å². The summed E-state index contributed by atoms with van der Waals surface area (Å²) in [5, 5.41) is 0. The molecule has 0 saturated heterocycles. The van der Waals surface area contributed by atoms with Gasteiger partial charge in [-0.1, -0.05) is 57.7 Å². The number of unbranched alkanes of at least 4 members (excludes halogenated alkanes) is 2. The predicted molar refractivity (Wildman–Crippen MR) is 131 cm³/mol. The van der Waals surface area contributed by atoms with E-state index in [1.165, 1.54) is 11.8 Å². The summed E-state index contributed by atoms with van der Waals surface area (Å²) in [6, 6.07) is 13.5. The van der Waals surface area contributed by atoms with Crippen LogP contribution in [0.3, 0.4) is 0 Å². The van der Waals surface area contributed by atoms with Gasteiger partial charge in [-0.15, -0.1) is 11.8 Å². The van der Waals surface area contributed by atoms with Crippen LogP contribution in [0.2, 0.25) is 0 Å². The number of hydrogen-bond acceptors (Lipinski definition) is 5. The van der Waals surface area contributed by atoms with Crippen LogP contribution in [0.15, 0.2) is 52.3 Å². The Labute approximate surface area is 191 Å². The topological polar surface area (TPSA) is 54.5 Å². The molecule has 0 saturated carbocycles. The number of hydrogen-bond donors (Lipinski definition) is 0. The first kappa shape index (κ1) is 23.9. The number of para-hydroxylation sites is 1. The molecular weight excluding hydrogens is 426 g/mol. The largest absolute Gasteiger partial charge is 0.340 e. The highest BCUT2D eigenvalue weighted by Gasteiger charge is 2.42. The second-order valence-corrected chi connectivity index (χ2v) is 11.4. The molecule has 1 aliphatic heterocycles. The number of anilines is 2. The molecule has 4 nitrogen and oxygen atoms in total. The van der Waals surface area contributed by atoms with Gasteiger partial charge >= 0.3 is 0 Å². The van der Waals surface area contributed by atoms with E-state index in [4.69, 9.17) is 0 Å². The van der Waals surface area contributed by atoms with E-state index in [9.17, 15) is 13.2 Å². The number of thioether (sulfide) groups is 1. The van der Waals surface area contributed by atoms with E-state index in [1.807, 2.05) is 42.7 Å². The van der Waals surface area contributed by atoms with Crippen molar-refractivity contribution in [3.63, 3.8) is 0 Å². The second-order valence-electron chi connectivity index (χ2n) is 8.57. The fraction of sp³-hybridized carbons (Fsp3) is 0.480. The van der Waals surface area contributed by atoms with Gasteiger partial charge in [-0.2, -0.15) is 0 Å². The molecule has 0 radical (unpaired) electrons. The van der Waals surface area contributed by atoms with Crippen molar-refractivity contribution >= 4 is 39.3 Å². The summed E-state index contributed by atoms with van der Waals surface area (Å²) in [6.07, 6.45) is 8.55. The van der Waals surface area contributed by atoms with Gasteiger partial charge in [0.1, 0.15) is 0 Å². The van der Waals surface area contributed by atoms with Crippen LogP contribution in [-0.2, 0) is 9.84 Å². The van der Waals surface area contributed by atoms with Gasteiger partial charge < -0.3 is 4.90 Å². The fourth-order valence-electron chi connectivity index (χ4n) is 4.61. The van der Waals surface area contributed by atoms with Crippen LogP contribution in [0.4, 0.5) is 11.4 Å². The van der Waals surface area contributed by atoms with Crippen molar-refractivity contribution in [3.8, 4) is 0 Å². The van der Waals surface area contributed by atoms with Crippen molar-refractivity contribution in [2.75, 3.05) is 23.5 Å². The highest BCUT2D eigenvalue weighted by molar-refractivity contribution is 7.98. The van der Waals surface area contributed by atoms with Crippen molar-refractivity contribution in [3.05, 3.63) is 48.0 Å². The van der Waals surface area contributed by atoms with Crippen molar-refractivity contribution in [2.24, 2.45) is 5.41 Å². The minimum absolute atomic E-state index is 0.132. The number of carbonyl (C=O) groups excluding carboxylic acids is 1. The first-order valence-corrected chi connectivity index (χ1v) is 14.0. The molecule has 0 unspecified atom stereocenters. The van der Waals surface area contributed by atoms with Crippen LogP contribution < -0.4 is 4.90 Å². The fourth-order valence-corrected chi connectivity index (χ4v) is 7.32. The lowest BCUT2D eigenvalue weighted by molar-refractivity contribution is 0.112. The molecule has 168 valence electrons. The zero-order valence-electron chi connectivity index (χ0n) is 18.8. The SMILES string of the molecule is CCCCC1(CCCC)CN(c2ccccc2)c2cc(SC)c(C=O)cc2S(=O)(=O)C1. The monoisotopic (exact) mass is 459 g/mol. The molecule has 6 heteroatoms. The van der Waals surface area contributed by atoms with E-state index < -0.39 is 9.84 Å². The molecule has 0 atom stereocenters. The average molecular weight is 460 g/mol. The number of benzene rings is 2. The van der Waals surface area contributed by atoms with E-state index in [1.54, 1.807) is 6.07 Å². The van der Waals surface area contributed by atoms with E-state index in [2.05, 4.69) is 18.7 Å². The van der Waals surface area contributed by atoms with Gasteiger partial charge in [-0.25, -0.2) is 8.42 Å². The van der Waals surface area contributed by atoms with Crippen LogP contribution in [-0.4, -0.2) is 33.3 Å². The van der Waals surface area contributed by atoms with E-state index in [0.29, 0.717) is 17.8 Å². The van der Waals surface area contributed by atoms with Crippen LogP contribution in [0.1, 0.15) is 62.7 Å². The summed E-state index contributed by atoms with van der Waals surface area (Å²) in [7, 11) is -3.56. The van der Waals surface area contributed by atoms with E-state index >= 15 is 0 Å². The number of sulfone groups is 1. The Morgan fingerprint density at radius 3 is 2.26 bits per heavy atom. The Hall–Kier alpha value is -1.79. The molecule has 3 rings (SSSR count). The first-order valence-electron chi connectivity index (χ1n) is 11.1. The second kappa shape index (κ2) is 10.2. The number of carbonyl (C=O) groups is 1. The summed E-state index contributed by atoms with van der Waals surface area (Å²) in [6.45, 7) is 4.98. The van der Waals surface area contributed by atoms with Gasteiger partial charge in [-0.05, 0) is 43.4 Å². The third-order valence-corrected chi connectivity index (χ3v) is 9.03. The quantitative estimate of drug-likeness (QED) is 0.316. The van der Waals surface area contributed by atoms with Crippen LogP contribution in [0.5, 0.6) is 0 Å². The van der Waals surface area contributed by atoms with Gasteiger partial charge in [0, 0.05) is 28.1 Å². The molecule has 0 N–H and O–H groups in total. The van der Waals surface area contributed by atoms with Gasteiger partial charge in [-0.3, -0.25) is 4.79 Å². The average Bonchev–Trinajstić information content (AvgIpc) is 2.88. The van der Waals surface area contributed by atoms with Gasteiger partial charge in [0.2, 0.25) is 0 Å². The lowest BCUT2D eigenvalue weighted by atomic mass is 9.79. The summed E-state index contributed by atoms with van der Waals surface area (Å²) in [5.74, 6) is 0.132. The van der Waals surface area contributed by atoms with Crippen molar-refractivity contribution in [2.45, 2.75) is 62.2 Å². The van der Waals surface area contributed by atoms with Gasteiger partial charge in [0.25, 0.3) is 0 Å². The minimum atomic E-state index is -3.56. The van der Waals surface area contributed by atoms with Crippen molar-refractivity contribution < 1.29 is 13.2 Å². The third kappa shape index (κ3) is 5.17. The lowest BCUT2D eigenvalue weighted by Crippen LogP contribution is -2.38. The number of rotatable bonds is 9. The highest BCUT2D eigenvalue weighted by atomic mass is 32.2. The zero-order chi connectivity index (χ0) is 22.5. The number of aldehydes is 1. The standard InChI is InChI=1S/C25H33NO3S2/c1-4-6-13-25(14-7-5-2)18-26(21-11-9-8-10-12-21)22-16-23(30-3)20(17-27)15-24(22)31(28,29)19-25/h8-12,15-17H,4-7,13-14,18-19H2,1-3H3. The van der Waals surface area contributed by atoms with E-state index in [-0.39, 0.29) is 16.1 Å². The lowest BCUT2D eigenvalue weighted by Gasteiger charge is -2.37.